The number of carboxylic acid groups (broad SMARTS) is 1. The zero-order valence-electron chi connectivity index (χ0n) is 16.5. The van der Waals surface area contributed by atoms with E-state index in [0.29, 0.717) is 12.0 Å². The van der Waals surface area contributed by atoms with Gasteiger partial charge in [0.25, 0.3) is 5.91 Å². The number of aromatic nitrogens is 1. The predicted molar refractivity (Wildman–Crippen MR) is 108 cm³/mol. The molecule has 0 bridgehead atoms. The molecule has 4 rings (SSSR count). The zero-order valence-corrected chi connectivity index (χ0v) is 16.5. The molecule has 3 aliphatic rings. The number of carbonyl (C=O) groups excluding carboxylic acids is 1. The summed E-state index contributed by atoms with van der Waals surface area (Å²) < 4.78 is 0. The molecule has 2 aliphatic carbocycles. The van der Waals surface area contributed by atoms with Crippen molar-refractivity contribution in [1.82, 2.24) is 10.3 Å². The summed E-state index contributed by atoms with van der Waals surface area (Å²) in [5.74, 6) is 0.757. The molecule has 6 heteroatoms. The number of carbonyl (C=O) groups is 2. The second kappa shape index (κ2) is 8.50. The normalized spacial score (nSPS) is 23.4. The Morgan fingerprint density at radius 1 is 1.07 bits per heavy atom. The molecule has 0 spiro atoms. The molecule has 1 aliphatic heterocycles. The van der Waals surface area contributed by atoms with E-state index in [9.17, 15) is 9.59 Å². The Morgan fingerprint density at radius 3 is 2.57 bits per heavy atom. The van der Waals surface area contributed by atoms with Crippen LogP contribution < -0.4 is 10.2 Å². The Kier molecular flexibility index (Phi) is 5.83. The van der Waals surface area contributed by atoms with Gasteiger partial charge in [-0.2, -0.15) is 0 Å². The quantitative estimate of drug-likeness (QED) is 0.780. The van der Waals surface area contributed by atoms with Crippen LogP contribution in [0.5, 0.6) is 0 Å². The summed E-state index contributed by atoms with van der Waals surface area (Å²) in [6, 6.07) is 4.19. The van der Waals surface area contributed by atoms with Crippen molar-refractivity contribution >= 4 is 17.7 Å². The third kappa shape index (κ3) is 4.65. The van der Waals surface area contributed by atoms with Gasteiger partial charge in [-0.3, -0.25) is 9.59 Å². The third-order valence-electron chi connectivity index (χ3n) is 6.37. The number of nitrogens with zero attached hydrogens (tertiary/aromatic N) is 2. The summed E-state index contributed by atoms with van der Waals surface area (Å²) in [5, 5.41) is 12.3. The minimum Gasteiger partial charge on any atom is -0.481 e. The summed E-state index contributed by atoms with van der Waals surface area (Å²) in [4.78, 5) is 31.1. The predicted octanol–water partition coefficient (Wildman–Crippen LogP) is 3.71. The first-order chi connectivity index (χ1) is 13.6. The molecular formula is C22H31N3O3. The molecule has 1 aromatic heterocycles. The van der Waals surface area contributed by atoms with Crippen molar-refractivity contribution < 1.29 is 14.7 Å². The smallest absolute Gasteiger partial charge is 0.303 e. The van der Waals surface area contributed by atoms with Gasteiger partial charge < -0.3 is 15.3 Å². The minimum absolute atomic E-state index is 0.0234. The fourth-order valence-electron chi connectivity index (χ4n) is 4.70. The van der Waals surface area contributed by atoms with Crippen molar-refractivity contribution in [3.63, 3.8) is 0 Å². The molecular weight excluding hydrogens is 354 g/mol. The average molecular weight is 386 g/mol. The largest absolute Gasteiger partial charge is 0.481 e. The van der Waals surface area contributed by atoms with E-state index in [1.54, 1.807) is 0 Å². The summed E-state index contributed by atoms with van der Waals surface area (Å²) >= 11 is 0. The van der Waals surface area contributed by atoms with Crippen LogP contribution in [0.2, 0.25) is 0 Å². The van der Waals surface area contributed by atoms with Crippen LogP contribution in [0.3, 0.4) is 0 Å². The number of piperidine rings is 1. The van der Waals surface area contributed by atoms with E-state index in [4.69, 9.17) is 10.1 Å². The summed E-state index contributed by atoms with van der Waals surface area (Å²) in [5.41, 5.74) is 1.67. The van der Waals surface area contributed by atoms with Crippen LogP contribution in [0.1, 0.15) is 86.2 Å². The highest BCUT2D eigenvalue weighted by Crippen LogP contribution is 2.41. The highest BCUT2D eigenvalue weighted by molar-refractivity contribution is 5.96. The maximum Gasteiger partial charge on any atom is 0.303 e. The highest BCUT2D eigenvalue weighted by Gasteiger charge is 2.32. The van der Waals surface area contributed by atoms with Gasteiger partial charge in [-0.25, -0.2) is 4.98 Å². The molecule has 6 nitrogen and oxygen atoms in total. The zero-order chi connectivity index (χ0) is 19.5. The molecule has 2 saturated carbocycles. The van der Waals surface area contributed by atoms with Crippen LogP contribution >= 0.6 is 0 Å². The van der Waals surface area contributed by atoms with E-state index in [1.165, 1.54) is 19.3 Å². The lowest BCUT2D eigenvalue weighted by Gasteiger charge is -2.33. The standard InChI is InChI=1S/C22H31N3O3/c26-20(27)13-15-5-4-12-25(14-15)19-11-10-18(21(24-19)16-8-9-16)22(28)23-17-6-2-1-3-7-17/h10-11,15-17H,1-9,12-14H2,(H,23,28)(H,26,27)/t15-/m0/s1. The molecule has 2 heterocycles. The second-order valence-corrected chi connectivity index (χ2v) is 8.74. The molecule has 0 aromatic carbocycles. The lowest BCUT2D eigenvalue weighted by Crippen LogP contribution is -2.38. The van der Waals surface area contributed by atoms with Gasteiger partial charge in [-0.05, 0) is 56.6 Å². The van der Waals surface area contributed by atoms with Crippen molar-refractivity contribution in [2.24, 2.45) is 5.92 Å². The molecule has 1 atom stereocenters. The van der Waals surface area contributed by atoms with E-state index < -0.39 is 5.97 Å². The Morgan fingerprint density at radius 2 is 1.86 bits per heavy atom. The first-order valence-corrected chi connectivity index (χ1v) is 10.9. The molecule has 1 aromatic rings. The molecule has 2 N–H and O–H groups in total. The lowest BCUT2D eigenvalue weighted by molar-refractivity contribution is -0.138. The number of carboxylic acids is 1. The number of aliphatic carboxylic acids is 1. The van der Waals surface area contributed by atoms with Gasteiger partial charge in [0.05, 0.1) is 11.3 Å². The molecule has 0 unspecified atom stereocenters. The summed E-state index contributed by atoms with van der Waals surface area (Å²) in [6.07, 6.45) is 10.2. The minimum atomic E-state index is -0.729. The third-order valence-corrected chi connectivity index (χ3v) is 6.37. The molecule has 152 valence electrons. The van der Waals surface area contributed by atoms with Crippen molar-refractivity contribution in [2.75, 3.05) is 18.0 Å². The number of hydrogen-bond donors (Lipinski definition) is 2. The topological polar surface area (TPSA) is 82.5 Å². The van der Waals surface area contributed by atoms with Crippen molar-refractivity contribution in [2.45, 2.75) is 76.2 Å². The molecule has 1 amide bonds. The first kappa shape index (κ1) is 19.2. The van der Waals surface area contributed by atoms with Gasteiger partial charge in [-0.1, -0.05) is 19.3 Å². The Labute approximate surface area is 166 Å². The summed E-state index contributed by atoms with van der Waals surface area (Å²) in [7, 11) is 0. The van der Waals surface area contributed by atoms with Crippen LogP contribution in [0, 0.1) is 5.92 Å². The van der Waals surface area contributed by atoms with Crippen molar-refractivity contribution in [3.8, 4) is 0 Å². The van der Waals surface area contributed by atoms with E-state index >= 15 is 0 Å². The van der Waals surface area contributed by atoms with Crippen LogP contribution in [0.25, 0.3) is 0 Å². The number of nitrogens with one attached hydrogen (secondary N) is 1. The number of anilines is 1. The maximum absolute atomic E-state index is 12.9. The Hall–Kier alpha value is -2.11. The van der Waals surface area contributed by atoms with Gasteiger partial charge in [0.15, 0.2) is 0 Å². The van der Waals surface area contributed by atoms with Crippen LogP contribution in [-0.4, -0.2) is 41.1 Å². The number of amides is 1. The van der Waals surface area contributed by atoms with E-state index in [2.05, 4.69) is 10.2 Å². The molecule has 1 saturated heterocycles. The molecule has 0 radical (unpaired) electrons. The van der Waals surface area contributed by atoms with Gasteiger partial charge >= 0.3 is 5.97 Å². The Balaban J connectivity index is 1.49. The maximum atomic E-state index is 12.9. The number of hydrogen-bond acceptors (Lipinski definition) is 4. The van der Waals surface area contributed by atoms with Gasteiger partial charge in [0.2, 0.25) is 0 Å². The number of rotatable bonds is 6. The van der Waals surface area contributed by atoms with Gasteiger partial charge in [0, 0.05) is 31.5 Å². The molecule has 3 fully saturated rings. The average Bonchev–Trinajstić information content (AvgIpc) is 3.53. The first-order valence-electron chi connectivity index (χ1n) is 10.9. The highest BCUT2D eigenvalue weighted by atomic mass is 16.4. The fraction of sp³-hybridized carbons (Fsp3) is 0.682. The van der Waals surface area contributed by atoms with Crippen LogP contribution in [0.15, 0.2) is 12.1 Å². The molecule has 28 heavy (non-hydrogen) atoms. The number of pyridine rings is 1. The van der Waals surface area contributed by atoms with E-state index in [-0.39, 0.29) is 18.2 Å². The summed E-state index contributed by atoms with van der Waals surface area (Å²) in [6.45, 7) is 1.64. The van der Waals surface area contributed by atoms with Gasteiger partial charge in [-0.15, -0.1) is 0 Å². The van der Waals surface area contributed by atoms with Crippen LogP contribution in [-0.2, 0) is 4.79 Å². The van der Waals surface area contributed by atoms with Crippen molar-refractivity contribution in [3.05, 3.63) is 23.4 Å². The van der Waals surface area contributed by atoms with E-state index in [1.807, 2.05) is 12.1 Å². The fourth-order valence-corrected chi connectivity index (χ4v) is 4.70. The van der Waals surface area contributed by atoms with E-state index in [0.717, 1.165) is 68.7 Å². The Bertz CT molecular complexity index is 726. The van der Waals surface area contributed by atoms with Gasteiger partial charge in [0.1, 0.15) is 5.82 Å². The monoisotopic (exact) mass is 385 g/mol. The van der Waals surface area contributed by atoms with Crippen molar-refractivity contribution in [1.29, 1.82) is 0 Å². The second-order valence-electron chi connectivity index (χ2n) is 8.74. The lowest BCUT2D eigenvalue weighted by atomic mass is 9.94. The SMILES string of the molecule is O=C(O)C[C@@H]1CCCN(c2ccc(C(=O)NC3CCCCC3)c(C3CC3)n2)C1. The van der Waals surface area contributed by atoms with Crippen LogP contribution in [0.4, 0.5) is 5.82 Å².